The Bertz CT molecular complexity index is 2600. The van der Waals surface area contributed by atoms with E-state index in [-0.39, 0.29) is 11.5 Å². The number of nitrogens with zero attached hydrogens (tertiary/aromatic N) is 1. The summed E-state index contributed by atoms with van der Waals surface area (Å²) in [6.07, 6.45) is 21.7. The molecule has 0 saturated carbocycles. The summed E-state index contributed by atoms with van der Waals surface area (Å²) in [5, 5.41) is 2.38. The van der Waals surface area contributed by atoms with Gasteiger partial charge in [-0.25, -0.2) is 0 Å². The number of furan rings is 1. The molecule has 0 aliphatic heterocycles. The monoisotopic (exact) mass is 655 g/mol. The lowest BCUT2D eigenvalue weighted by atomic mass is 9.65. The fourth-order valence-corrected chi connectivity index (χ4v) is 9.96. The van der Waals surface area contributed by atoms with Crippen LogP contribution in [0.3, 0.4) is 0 Å². The number of allylic oxidation sites excluding steroid dienone is 10. The molecule has 1 heterocycles. The predicted octanol–water partition coefficient (Wildman–Crippen LogP) is 12.7. The second kappa shape index (κ2) is 11.1. The van der Waals surface area contributed by atoms with Gasteiger partial charge in [-0.3, -0.25) is 0 Å². The molecule has 2 unspecified atom stereocenters. The topological polar surface area (TPSA) is 16.4 Å². The van der Waals surface area contributed by atoms with Gasteiger partial charge in [0.05, 0.1) is 11.5 Å². The van der Waals surface area contributed by atoms with Gasteiger partial charge in [-0.05, 0) is 113 Å². The molecular weight excluding hydrogens is 619 g/mol. The molecule has 0 N–H and O–H groups in total. The molecule has 244 valence electrons. The van der Waals surface area contributed by atoms with Crippen LogP contribution in [0, 0.1) is 0 Å². The Labute approximate surface area is 298 Å². The van der Waals surface area contributed by atoms with Crippen LogP contribution in [-0.4, -0.2) is 6.04 Å². The van der Waals surface area contributed by atoms with E-state index in [0.717, 1.165) is 43.3 Å². The minimum atomic E-state index is -0.329. The van der Waals surface area contributed by atoms with E-state index in [2.05, 4.69) is 163 Å². The molecule has 0 amide bonds. The molecule has 11 rings (SSSR count). The van der Waals surface area contributed by atoms with Crippen LogP contribution < -0.4 is 4.90 Å². The van der Waals surface area contributed by atoms with E-state index in [9.17, 15) is 0 Å². The lowest BCUT2D eigenvalue weighted by molar-refractivity contribution is 0.625. The van der Waals surface area contributed by atoms with Crippen LogP contribution in [0.2, 0.25) is 0 Å². The average molecular weight is 656 g/mol. The molecule has 1 aromatic heterocycles. The molecule has 1 spiro atoms. The average Bonchev–Trinajstić information content (AvgIpc) is 3.83. The second-order valence-corrected chi connectivity index (χ2v) is 14.5. The second-order valence-electron chi connectivity index (χ2n) is 14.5. The summed E-state index contributed by atoms with van der Waals surface area (Å²) in [6.45, 7) is 0. The normalized spacial score (nSPS) is 21.3. The van der Waals surface area contributed by atoms with Gasteiger partial charge in [0.25, 0.3) is 0 Å². The van der Waals surface area contributed by atoms with Crippen molar-refractivity contribution >= 4 is 38.9 Å². The molecule has 0 fully saturated rings. The van der Waals surface area contributed by atoms with Gasteiger partial charge >= 0.3 is 0 Å². The molecule has 5 aromatic carbocycles. The summed E-state index contributed by atoms with van der Waals surface area (Å²) < 4.78 is 6.78. The zero-order chi connectivity index (χ0) is 33.5. The summed E-state index contributed by atoms with van der Waals surface area (Å²) >= 11 is 0. The lowest BCUT2D eigenvalue weighted by Crippen LogP contribution is -2.36. The zero-order valence-electron chi connectivity index (χ0n) is 28.5. The minimum Gasteiger partial charge on any atom is -0.455 e. The van der Waals surface area contributed by atoms with Crippen molar-refractivity contribution in [1.29, 1.82) is 0 Å². The highest BCUT2D eigenvalue weighted by Crippen LogP contribution is 2.66. The third-order valence-electron chi connectivity index (χ3n) is 12.0. The van der Waals surface area contributed by atoms with Gasteiger partial charge in [-0.15, -0.1) is 0 Å². The van der Waals surface area contributed by atoms with Gasteiger partial charge in [-0.2, -0.15) is 0 Å². The first-order valence-electron chi connectivity index (χ1n) is 18.5. The van der Waals surface area contributed by atoms with Gasteiger partial charge in [-0.1, -0.05) is 127 Å². The molecule has 2 atom stereocenters. The fourth-order valence-electron chi connectivity index (χ4n) is 9.96. The maximum atomic E-state index is 6.78. The highest BCUT2D eigenvalue weighted by Gasteiger charge is 2.55. The van der Waals surface area contributed by atoms with E-state index >= 15 is 0 Å². The zero-order valence-corrected chi connectivity index (χ0v) is 28.5. The van der Waals surface area contributed by atoms with E-state index in [1.165, 1.54) is 72.3 Å². The highest BCUT2D eigenvalue weighted by atomic mass is 16.3. The molecule has 2 heteroatoms. The van der Waals surface area contributed by atoms with Gasteiger partial charge in [0, 0.05) is 27.7 Å². The number of hydrogen-bond donors (Lipinski definition) is 0. The Kier molecular flexibility index (Phi) is 6.28. The maximum absolute atomic E-state index is 6.78. The van der Waals surface area contributed by atoms with E-state index in [1.807, 2.05) is 0 Å². The molecule has 5 aliphatic rings. The van der Waals surface area contributed by atoms with E-state index in [4.69, 9.17) is 4.42 Å². The fraction of sp³-hybridized carbons (Fsp3) is 0.143. The molecule has 5 aliphatic carbocycles. The number of anilines is 2. The van der Waals surface area contributed by atoms with Crippen LogP contribution in [0.15, 0.2) is 185 Å². The van der Waals surface area contributed by atoms with Gasteiger partial charge < -0.3 is 9.32 Å². The number of para-hydroxylation sites is 2. The van der Waals surface area contributed by atoms with Crippen molar-refractivity contribution < 1.29 is 4.42 Å². The maximum Gasteiger partial charge on any atom is 0.143 e. The van der Waals surface area contributed by atoms with Crippen molar-refractivity contribution in [2.24, 2.45) is 0 Å². The number of hydrogen-bond acceptors (Lipinski definition) is 2. The number of benzene rings is 5. The third kappa shape index (κ3) is 4.05. The standard InChI is InChI=1S/C49H37NO/c1-3-13-32(14-4-1)33-23-25-35(26-24-33)50(34-15-5-2-6-16-34)36-27-28-38-37-17-7-10-20-42(37)49(45(38)31-36)43-21-11-8-19-41(43)47-44(49)30-29-40-39-18-9-12-22-46(39)51-48(40)47/h1-3,5-9,11-13,15-19,21-30,36H,4,10,14,20,31H2. The van der Waals surface area contributed by atoms with E-state index in [1.54, 1.807) is 5.57 Å². The molecule has 2 nitrogen and oxygen atoms in total. The van der Waals surface area contributed by atoms with Crippen molar-refractivity contribution in [2.45, 2.75) is 43.6 Å². The summed E-state index contributed by atoms with van der Waals surface area (Å²) in [5.41, 5.74) is 18.0. The van der Waals surface area contributed by atoms with Crippen LogP contribution in [0.1, 0.15) is 48.8 Å². The quantitative estimate of drug-likeness (QED) is 0.188. The van der Waals surface area contributed by atoms with E-state index < -0.39 is 0 Å². The molecule has 0 bridgehead atoms. The Morgan fingerprint density at radius 3 is 2.29 bits per heavy atom. The van der Waals surface area contributed by atoms with Crippen molar-refractivity contribution in [2.75, 3.05) is 4.90 Å². The van der Waals surface area contributed by atoms with Gasteiger partial charge in [0.2, 0.25) is 0 Å². The largest absolute Gasteiger partial charge is 0.455 e. The van der Waals surface area contributed by atoms with Gasteiger partial charge in [0.1, 0.15) is 11.2 Å². The highest BCUT2D eigenvalue weighted by molar-refractivity contribution is 6.12. The first-order valence-corrected chi connectivity index (χ1v) is 18.5. The predicted molar refractivity (Wildman–Crippen MR) is 211 cm³/mol. The molecule has 51 heavy (non-hydrogen) atoms. The number of fused-ring (bicyclic) bond motifs is 12. The van der Waals surface area contributed by atoms with Crippen molar-refractivity contribution in [3.8, 4) is 11.1 Å². The van der Waals surface area contributed by atoms with Gasteiger partial charge in [0.15, 0.2) is 0 Å². The van der Waals surface area contributed by atoms with Crippen molar-refractivity contribution in [1.82, 2.24) is 0 Å². The summed E-state index contributed by atoms with van der Waals surface area (Å²) in [6, 6.07) is 42.8. The molecule has 0 radical (unpaired) electrons. The summed E-state index contributed by atoms with van der Waals surface area (Å²) in [4.78, 5) is 2.56. The van der Waals surface area contributed by atoms with Crippen molar-refractivity contribution in [3.63, 3.8) is 0 Å². The summed E-state index contributed by atoms with van der Waals surface area (Å²) in [5.74, 6) is 0. The summed E-state index contributed by atoms with van der Waals surface area (Å²) in [7, 11) is 0. The minimum absolute atomic E-state index is 0.141. The van der Waals surface area contributed by atoms with E-state index in [0.29, 0.717) is 0 Å². The van der Waals surface area contributed by atoms with Crippen LogP contribution in [0.5, 0.6) is 0 Å². The number of rotatable bonds is 4. The Morgan fingerprint density at radius 1 is 0.627 bits per heavy atom. The SMILES string of the molecule is C1=CCCC(c2ccc(N(c3ccccc3)C3C=CC4=C(C3)C3(C5=C4C=CCC5)c4ccccc4-c4c3ccc3c4oc4ccccc43)cc2)=C1. The van der Waals surface area contributed by atoms with Crippen LogP contribution in [0.25, 0.3) is 38.6 Å². The van der Waals surface area contributed by atoms with Crippen molar-refractivity contribution in [3.05, 3.63) is 197 Å². The molecular formula is C49H37NO. The molecule has 6 aromatic rings. The van der Waals surface area contributed by atoms with Crippen LogP contribution >= 0.6 is 0 Å². The smallest absolute Gasteiger partial charge is 0.143 e. The molecule has 0 saturated heterocycles. The van der Waals surface area contributed by atoms with Crippen LogP contribution in [-0.2, 0) is 5.41 Å². The Hall–Kier alpha value is -5.86. The Morgan fingerprint density at radius 2 is 1.41 bits per heavy atom. The first kappa shape index (κ1) is 28.9. The van der Waals surface area contributed by atoms with Crippen LogP contribution in [0.4, 0.5) is 11.4 Å². The Balaban J connectivity index is 1.10. The lowest BCUT2D eigenvalue weighted by Gasteiger charge is -2.40. The first-order chi connectivity index (χ1) is 25.3. The third-order valence-corrected chi connectivity index (χ3v) is 12.0.